The minimum atomic E-state index is -0.268. The first-order valence-electron chi connectivity index (χ1n) is 4.78. The molecule has 0 spiro atoms. The van der Waals surface area contributed by atoms with Crippen molar-refractivity contribution >= 4 is 5.84 Å². The van der Waals surface area contributed by atoms with E-state index in [9.17, 15) is 5.11 Å². The number of hydrogen-bond donors (Lipinski definition) is 3. The van der Waals surface area contributed by atoms with Crippen molar-refractivity contribution in [3.8, 4) is 0 Å². The summed E-state index contributed by atoms with van der Waals surface area (Å²) >= 11 is 0. The Kier molecular flexibility index (Phi) is 3.27. The molecular formula is C9H19N3O. The van der Waals surface area contributed by atoms with Gasteiger partial charge in [-0.05, 0) is 25.8 Å². The second kappa shape index (κ2) is 4.07. The topological polar surface area (TPSA) is 73.3 Å². The highest BCUT2D eigenvalue weighted by Gasteiger charge is 2.27. The summed E-state index contributed by atoms with van der Waals surface area (Å²) in [7, 11) is 0. The minimum absolute atomic E-state index is 0.0397. The first-order chi connectivity index (χ1) is 6.02. The average molecular weight is 185 g/mol. The summed E-state index contributed by atoms with van der Waals surface area (Å²) in [6.45, 7) is 5.53. The molecule has 0 aromatic carbocycles. The predicted octanol–water partition coefficient (Wildman–Crippen LogP) is 0.0136. The Labute approximate surface area is 79.2 Å². The molecular weight excluding hydrogens is 166 g/mol. The SMILES string of the molecule is CC1CCN(C(C)C(=N)N)CC1O. The van der Waals surface area contributed by atoms with Gasteiger partial charge in [-0.25, -0.2) is 0 Å². The van der Waals surface area contributed by atoms with Crippen LogP contribution < -0.4 is 5.73 Å². The van der Waals surface area contributed by atoms with Crippen LogP contribution in [-0.2, 0) is 0 Å². The summed E-state index contributed by atoms with van der Waals surface area (Å²) in [6, 6.07) is -0.0397. The Morgan fingerprint density at radius 3 is 2.77 bits per heavy atom. The maximum absolute atomic E-state index is 9.63. The third kappa shape index (κ3) is 2.42. The lowest BCUT2D eigenvalue weighted by Gasteiger charge is -2.37. The molecule has 1 rings (SSSR count). The molecule has 1 saturated heterocycles. The standard InChI is InChI=1S/C9H19N3O/c1-6-3-4-12(5-8(6)13)7(2)9(10)11/h6-8,13H,3-5H2,1-2H3,(H3,10,11). The van der Waals surface area contributed by atoms with Gasteiger partial charge in [0.05, 0.1) is 12.1 Å². The molecule has 0 radical (unpaired) electrons. The van der Waals surface area contributed by atoms with E-state index in [0.717, 1.165) is 13.0 Å². The van der Waals surface area contributed by atoms with Gasteiger partial charge in [0, 0.05) is 6.54 Å². The molecule has 4 nitrogen and oxygen atoms in total. The van der Waals surface area contributed by atoms with Crippen molar-refractivity contribution < 1.29 is 5.11 Å². The van der Waals surface area contributed by atoms with Gasteiger partial charge in [0.25, 0.3) is 0 Å². The summed E-state index contributed by atoms with van der Waals surface area (Å²) < 4.78 is 0. The first kappa shape index (κ1) is 10.5. The smallest absolute Gasteiger partial charge is 0.108 e. The van der Waals surface area contributed by atoms with Crippen LogP contribution >= 0.6 is 0 Å². The van der Waals surface area contributed by atoms with Crippen LogP contribution in [0.4, 0.5) is 0 Å². The van der Waals surface area contributed by atoms with Crippen LogP contribution in [0.25, 0.3) is 0 Å². The molecule has 4 heteroatoms. The van der Waals surface area contributed by atoms with Crippen molar-refractivity contribution in [2.24, 2.45) is 11.7 Å². The zero-order valence-electron chi connectivity index (χ0n) is 8.33. The predicted molar refractivity (Wildman–Crippen MR) is 52.7 cm³/mol. The van der Waals surface area contributed by atoms with Gasteiger partial charge in [0.15, 0.2) is 0 Å². The minimum Gasteiger partial charge on any atom is -0.392 e. The van der Waals surface area contributed by atoms with E-state index >= 15 is 0 Å². The summed E-state index contributed by atoms with van der Waals surface area (Å²) in [6.07, 6.45) is 0.717. The second-order valence-corrected chi connectivity index (χ2v) is 3.96. The molecule has 0 aromatic heterocycles. The number of nitrogens with zero attached hydrogens (tertiary/aromatic N) is 1. The Morgan fingerprint density at radius 2 is 2.31 bits per heavy atom. The Bertz CT molecular complexity index is 195. The molecule has 1 aliphatic heterocycles. The lowest BCUT2D eigenvalue weighted by atomic mass is 9.95. The average Bonchev–Trinajstić information content (AvgIpc) is 2.08. The van der Waals surface area contributed by atoms with Crippen molar-refractivity contribution in [1.29, 1.82) is 5.41 Å². The van der Waals surface area contributed by atoms with E-state index in [1.54, 1.807) is 0 Å². The lowest BCUT2D eigenvalue weighted by Crippen LogP contribution is -2.50. The van der Waals surface area contributed by atoms with Gasteiger partial charge in [-0.15, -0.1) is 0 Å². The highest BCUT2D eigenvalue weighted by Crippen LogP contribution is 2.18. The molecule has 0 bridgehead atoms. The number of likely N-dealkylation sites (tertiary alicyclic amines) is 1. The maximum Gasteiger partial charge on any atom is 0.108 e. The third-order valence-corrected chi connectivity index (χ3v) is 2.95. The molecule has 0 amide bonds. The van der Waals surface area contributed by atoms with Crippen LogP contribution in [0, 0.1) is 11.3 Å². The van der Waals surface area contributed by atoms with Crippen molar-refractivity contribution in [3.05, 3.63) is 0 Å². The van der Waals surface area contributed by atoms with E-state index in [-0.39, 0.29) is 18.0 Å². The van der Waals surface area contributed by atoms with Gasteiger partial charge in [0.2, 0.25) is 0 Å². The number of aliphatic hydroxyl groups is 1. The van der Waals surface area contributed by atoms with E-state index in [4.69, 9.17) is 11.1 Å². The zero-order chi connectivity index (χ0) is 10.0. The molecule has 0 aliphatic carbocycles. The van der Waals surface area contributed by atoms with Gasteiger partial charge < -0.3 is 10.8 Å². The normalized spacial score (nSPS) is 32.8. The molecule has 0 aromatic rings. The van der Waals surface area contributed by atoms with E-state index in [0.29, 0.717) is 12.5 Å². The van der Waals surface area contributed by atoms with Crippen LogP contribution in [0.1, 0.15) is 20.3 Å². The lowest BCUT2D eigenvalue weighted by molar-refractivity contribution is 0.0235. The molecule has 3 atom stereocenters. The van der Waals surface area contributed by atoms with Gasteiger partial charge >= 0.3 is 0 Å². The Hall–Kier alpha value is -0.610. The number of hydrogen-bond acceptors (Lipinski definition) is 3. The molecule has 1 fully saturated rings. The third-order valence-electron chi connectivity index (χ3n) is 2.95. The van der Waals surface area contributed by atoms with Crippen LogP contribution in [0.2, 0.25) is 0 Å². The quantitative estimate of drug-likeness (QED) is 0.419. The number of piperidine rings is 1. The molecule has 13 heavy (non-hydrogen) atoms. The summed E-state index contributed by atoms with van der Waals surface area (Å²) in [5.74, 6) is 0.553. The maximum atomic E-state index is 9.63. The number of aliphatic hydroxyl groups excluding tert-OH is 1. The second-order valence-electron chi connectivity index (χ2n) is 3.96. The fourth-order valence-corrected chi connectivity index (χ4v) is 1.62. The largest absolute Gasteiger partial charge is 0.392 e. The van der Waals surface area contributed by atoms with Crippen molar-refractivity contribution in [1.82, 2.24) is 4.90 Å². The van der Waals surface area contributed by atoms with Crippen molar-refractivity contribution in [2.45, 2.75) is 32.4 Å². The zero-order valence-corrected chi connectivity index (χ0v) is 8.33. The van der Waals surface area contributed by atoms with E-state index in [2.05, 4.69) is 11.8 Å². The van der Waals surface area contributed by atoms with E-state index < -0.39 is 0 Å². The van der Waals surface area contributed by atoms with Crippen LogP contribution in [0.5, 0.6) is 0 Å². The monoisotopic (exact) mass is 185 g/mol. The Morgan fingerprint density at radius 1 is 1.69 bits per heavy atom. The Balaban J connectivity index is 2.50. The number of nitrogens with one attached hydrogen (secondary N) is 1. The summed E-state index contributed by atoms with van der Waals surface area (Å²) in [4.78, 5) is 2.06. The molecule has 1 aliphatic rings. The fourth-order valence-electron chi connectivity index (χ4n) is 1.62. The molecule has 3 unspecified atom stereocenters. The van der Waals surface area contributed by atoms with Gasteiger partial charge in [-0.1, -0.05) is 6.92 Å². The first-order valence-corrected chi connectivity index (χ1v) is 4.78. The molecule has 76 valence electrons. The highest BCUT2D eigenvalue weighted by atomic mass is 16.3. The van der Waals surface area contributed by atoms with Gasteiger partial charge in [-0.3, -0.25) is 10.3 Å². The van der Waals surface area contributed by atoms with Gasteiger partial charge in [-0.2, -0.15) is 0 Å². The van der Waals surface area contributed by atoms with E-state index in [1.165, 1.54) is 0 Å². The molecule has 4 N–H and O–H groups in total. The van der Waals surface area contributed by atoms with Crippen LogP contribution in [-0.4, -0.2) is 41.1 Å². The molecule has 0 saturated carbocycles. The van der Waals surface area contributed by atoms with Crippen LogP contribution in [0.15, 0.2) is 0 Å². The van der Waals surface area contributed by atoms with Crippen LogP contribution in [0.3, 0.4) is 0 Å². The van der Waals surface area contributed by atoms with Crippen molar-refractivity contribution in [3.63, 3.8) is 0 Å². The van der Waals surface area contributed by atoms with E-state index in [1.807, 2.05) is 6.92 Å². The van der Waals surface area contributed by atoms with Gasteiger partial charge in [0.1, 0.15) is 5.84 Å². The highest BCUT2D eigenvalue weighted by molar-refractivity contribution is 5.82. The summed E-state index contributed by atoms with van der Waals surface area (Å²) in [5, 5.41) is 16.9. The number of nitrogens with two attached hydrogens (primary N) is 1. The molecule has 1 heterocycles. The fraction of sp³-hybridized carbons (Fsp3) is 0.889. The number of amidine groups is 1. The number of β-amino-alcohol motifs (C(OH)–C–C–N with tert-alkyl or cyclic N) is 1. The summed E-state index contributed by atoms with van der Waals surface area (Å²) in [5.41, 5.74) is 5.41. The van der Waals surface area contributed by atoms with Crippen molar-refractivity contribution in [2.75, 3.05) is 13.1 Å². The number of rotatable bonds is 2.